The van der Waals surface area contributed by atoms with Crippen molar-refractivity contribution >= 4 is 27.5 Å². The van der Waals surface area contributed by atoms with Gasteiger partial charge in [-0.05, 0) is 42.8 Å². The summed E-state index contributed by atoms with van der Waals surface area (Å²) in [6.07, 6.45) is -4.69. The van der Waals surface area contributed by atoms with Crippen molar-refractivity contribution < 1.29 is 26.4 Å². The summed E-state index contributed by atoms with van der Waals surface area (Å²) in [6.45, 7) is 0.0204. The lowest BCUT2D eigenvalue weighted by Gasteiger charge is -2.15. The van der Waals surface area contributed by atoms with E-state index in [-0.39, 0.29) is 5.56 Å². The van der Waals surface area contributed by atoms with Crippen molar-refractivity contribution in [1.29, 1.82) is 0 Å². The molecule has 2 aromatic rings. The van der Waals surface area contributed by atoms with Crippen LogP contribution < -0.4 is 10.0 Å². The van der Waals surface area contributed by atoms with Gasteiger partial charge in [0.15, 0.2) is 0 Å². The first-order valence-electron chi connectivity index (χ1n) is 7.71. The summed E-state index contributed by atoms with van der Waals surface area (Å²) in [5.74, 6) is -0.574. The van der Waals surface area contributed by atoms with Crippen LogP contribution in [0.15, 0.2) is 53.4 Å². The largest absolute Gasteiger partial charge is 0.402 e. The van der Waals surface area contributed by atoms with Crippen LogP contribution in [-0.2, 0) is 10.0 Å². The van der Waals surface area contributed by atoms with Gasteiger partial charge in [-0.1, -0.05) is 29.8 Å². The van der Waals surface area contributed by atoms with Crippen molar-refractivity contribution in [1.82, 2.24) is 10.0 Å². The highest BCUT2D eigenvalue weighted by molar-refractivity contribution is 7.89. The van der Waals surface area contributed by atoms with Crippen LogP contribution >= 0.6 is 11.6 Å². The molecule has 0 aliphatic rings. The molecule has 0 fully saturated rings. The number of rotatable bonds is 6. The number of benzene rings is 2. The molecule has 1 unspecified atom stereocenters. The van der Waals surface area contributed by atoms with E-state index in [0.29, 0.717) is 5.02 Å². The fourth-order valence-corrected chi connectivity index (χ4v) is 3.46. The third-order valence-electron chi connectivity index (χ3n) is 3.57. The molecule has 0 saturated heterocycles. The summed E-state index contributed by atoms with van der Waals surface area (Å²) in [5.41, 5.74) is 0.741. The zero-order valence-electron chi connectivity index (χ0n) is 14.0. The fraction of sp³-hybridized carbons (Fsp3) is 0.235. The number of hydrogen-bond acceptors (Lipinski definition) is 3. The molecule has 27 heavy (non-hydrogen) atoms. The molecule has 146 valence electrons. The molecule has 5 nitrogen and oxygen atoms in total. The van der Waals surface area contributed by atoms with Gasteiger partial charge in [0, 0.05) is 10.6 Å². The van der Waals surface area contributed by atoms with E-state index in [2.05, 4.69) is 5.32 Å². The van der Waals surface area contributed by atoms with Gasteiger partial charge in [-0.25, -0.2) is 13.1 Å². The van der Waals surface area contributed by atoms with Crippen molar-refractivity contribution in [2.24, 2.45) is 0 Å². The topological polar surface area (TPSA) is 75.3 Å². The minimum absolute atomic E-state index is 0.00115. The SMILES string of the molecule is CC(NC(=O)c1cccc(S(=O)(=O)NCC(F)(F)F)c1)c1cccc(Cl)c1. The van der Waals surface area contributed by atoms with E-state index in [1.807, 2.05) is 0 Å². The molecule has 0 aromatic heterocycles. The molecule has 0 saturated carbocycles. The van der Waals surface area contributed by atoms with E-state index in [9.17, 15) is 26.4 Å². The van der Waals surface area contributed by atoms with Gasteiger partial charge in [-0.2, -0.15) is 13.2 Å². The van der Waals surface area contributed by atoms with Crippen LogP contribution in [0.5, 0.6) is 0 Å². The lowest BCUT2D eigenvalue weighted by atomic mass is 10.1. The Bertz CT molecular complexity index is 933. The van der Waals surface area contributed by atoms with Gasteiger partial charge in [0.1, 0.15) is 6.54 Å². The number of nitrogens with one attached hydrogen (secondary N) is 2. The third kappa shape index (κ3) is 6.23. The van der Waals surface area contributed by atoms with Gasteiger partial charge in [0.05, 0.1) is 10.9 Å². The van der Waals surface area contributed by atoms with E-state index < -0.39 is 39.6 Å². The molecule has 2 rings (SSSR count). The number of alkyl halides is 3. The molecule has 2 aromatic carbocycles. The molecule has 0 radical (unpaired) electrons. The molecule has 0 aliphatic carbocycles. The molecular weight excluding hydrogens is 405 g/mol. The normalized spacial score (nSPS) is 13.2. The van der Waals surface area contributed by atoms with E-state index in [0.717, 1.165) is 17.7 Å². The Labute approximate surface area is 159 Å². The maximum atomic E-state index is 12.4. The molecule has 2 N–H and O–H groups in total. The predicted octanol–water partition coefficient (Wildman–Crippen LogP) is 3.67. The lowest BCUT2D eigenvalue weighted by molar-refractivity contribution is -0.121. The second-order valence-electron chi connectivity index (χ2n) is 5.72. The molecule has 0 heterocycles. The van der Waals surface area contributed by atoms with Crippen LogP contribution in [0, 0.1) is 0 Å². The average Bonchev–Trinajstić information content (AvgIpc) is 2.59. The zero-order chi connectivity index (χ0) is 20.2. The molecule has 0 spiro atoms. The lowest BCUT2D eigenvalue weighted by Crippen LogP contribution is -2.34. The quantitative estimate of drug-likeness (QED) is 0.748. The number of halogens is 4. The third-order valence-corrected chi connectivity index (χ3v) is 5.20. The van der Waals surface area contributed by atoms with Gasteiger partial charge >= 0.3 is 6.18 Å². The first-order valence-corrected chi connectivity index (χ1v) is 9.57. The van der Waals surface area contributed by atoms with Gasteiger partial charge in [0.25, 0.3) is 5.91 Å². The van der Waals surface area contributed by atoms with E-state index in [1.165, 1.54) is 16.9 Å². The van der Waals surface area contributed by atoms with Gasteiger partial charge < -0.3 is 5.32 Å². The van der Waals surface area contributed by atoms with Gasteiger partial charge in [-0.3, -0.25) is 4.79 Å². The monoisotopic (exact) mass is 420 g/mol. The summed E-state index contributed by atoms with van der Waals surface area (Å²) in [4.78, 5) is 11.9. The summed E-state index contributed by atoms with van der Waals surface area (Å²) in [7, 11) is -4.40. The highest BCUT2D eigenvalue weighted by Gasteiger charge is 2.30. The van der Waals surface area contributed by atoms with Crippen LogP contribution in [-0.4, -0.2) is 27.0 Å². The van der Waals surface area contributed by atoms with Crippen molar-refractivity contribution in [3.05, 3.63) is 64.7 Å². The average molecular weight is 421 g/mol. The van der Waals surface area contributed by atoms with E-state index >= 15 is 0 Å². The molecule has 1 amide bonds. The molecule has 0 aliphatic heterocycles. The highest BCUT2D eigenvalue weighted by Crippen LogP contribution is 2.19. The van der Waals surface area contributed by atoms with Crippen LogP contribution in [0.1, 0.15) is 28.9 Å². The van der Waals surface area contributed by atoms with Crippen LogP contribution in [0.3, 0.4) is 0 Å². The molecule has 1 atom stereocenters. The van der Waals surface area contributed by atoms with Crippen LogP contribution in [0.4, 0.5) is 13.2 Å². The molecule has 10 heteroatoms. The van der Waals surface area contributed by atoms with Crippen LogP contribution in [0.2, 0.25) is 5.02 Å². The van der Waals surface area contributed by atoms with Crippen molar-refractivity contribution in [2.75, 3.05) is 6.54 Å². The predicted molar refractivity (Wildman–Crippen MR) is 95.0 cm³/mol. The minimum Gasteiger partial charge on any atom is -0.346 e. The Hall–Kier alpha value is -2.10. The van der Waals surface area contributed by atoms with Gasteiger partial charge in [-0.15, -0.1) is 0 Å². The molecule has 0 bridgehead atoms. The number of amides is 1. The van der Waals surface area contributed by atoms with Crippen molar-refractivity contribution in [2.45, 2.75) is 24.0 Å². The maximum Gasteiger partial charge on any atom is 0.402 e. The summed E-state index contributed by atoms with van der Waals surface area (Å²) in [5, 5.41) is 3.18. The Balaban J connectivity index is 2.15. The first kappa shape index (κ1) is 21.2. The zero-order valence-corrected chi connectivity index (χ0v) is 15.6. The summed E-state index contributed by atoms with van der Waals surface area (Å²) in [6, 6.07) is 11.2. The Morgan fingerprint density at radius 1 is 1.15 bits per heavy atom. The number of carbonyl (C=O) groups excluding carboxylic acids is 1. The standard InChI is InChI=1S/C17H16ClF3N2O3S/c1-11(12-4-2-6-14(18)8-12)23-16(24)13-5-3-7-15(9-13)27(25,26)22-10-17(19,20)21/h2-9,11,22H,10H2,1H3,(H,23,24). The Kier molecular flexibility index (Phi) is 6.50. The molecular formula is C17H16ClF3N2O3S. The highest BCUT2D eigenvalue weighted by atomic mass is 35.5. The first-order chi connectivity index (χ1) is 12.5. The minimum atomic E-state index is -4.69. The van der Waals surface area contributed by atoms with Crippen LogP contribution in [0.25, 0.3) is 0 Å². The number of carbonyl (C=O) groups is 1. The van der Waals surface area contributed by atoms with Crippen molar-refractivity contribution in [3.8, 4) is 0 Å². The number of hydrogen-bond donors (Lipinski definition) is 2. The summed E-state index contributed by atoms with van der Waals surface area (Å²) >= 11 is 5.91. The van der Waals surface area contributed by atoms with Crippen molar-refractivity contribution in [3.63, 3.8) is 0 Å². The smallest absolute Gasteiger partial charge is 0.346 e. The Morgan fingerprint density at radius 3 is 2.44 bits per heavy atom. The number of sulfonamides is 1. The van der Waals surface area contributed by atoms with E-state index in [1.54, 1.807) is 31.2 Å². The fourth-order valence-electron chi connectivity index (χ4n) is 2.20. The second kappa shape index (κ2) is 8.28. The second-order valence-corrected chi connectivity index (χ2v) is 7.92. The summed E-state index contributed by atoms with van der Waals surface area (Å²) < 4.78 is 62.1. The van der Waals surface area contributed by atoms with Gasteiger partial charge in [0.2, 0.25) is 10.0 Å². The van der Waals surface area contributed by atoms with E-state index in [4.69, 9.17) is 11.6 Å². The Morgan fingerprint density at radius 2 is 1.81 bits per heavy atom. The maximum absolute atomic E-state index is 12.4.